The highest BCUT2D eigenvalue weighted by Gasteiger charge is 2.18. The van der Waals surface area contributed by atoms with Crippen LogP contribution in [0.5, 0.6) is 0 Å². The first-order valence-corrected chi connectivity index (χ1v) is 6.15. The average Bonchev–Trinajstić information content (AvgIpc) is 2.69. The van der Waals surface area contributed by atoms with E-state index in [0.29, 0.717) is 0 Å². The third kappa shape index (κ3) is 2.58. The summed E-state index contributed by atoms with van der Waals surface area (Å²) in [6.45, 7) is 3.97. The van der Waals surface area contributed by atoms with Crippen LogP contribution in [-0.4, -0.2) is 10.6 Å². The van der Waals surface area contributed by atoms with E-state index >= 15 is 0 Å². The first-order chi connectivity index (χ1) is 7.61. The molecule has 16 heavy (non-hydrogen) atoms. The molecule has 2 N–H and O–H groups in total. The Morgan fingerprint density at radius 1 is 1.38 bits per heavy atom. The van der Waals surface area contributed by atoms with Gasteiger partial charge in [0, 0.05) is 6.42 Å². The summed E-state index contributed by atoms with van der Waals surface area (Å²) in [5.74, 6) is 5.23. The van der Waals surface area contributed by atoms with E-state index in [1.54, 1.807) is 11.3 Å². The molecule has 2 aromatic rings. The van der Waals surface area contributed by atoms with Crippen LogP contribution in [0.15, 0.2) is 24.3 Å². The van der Waals surface area contributed by atoms with Crippen LogP contribution < -0.4 is 5.90 Å². The number of hydrogen-bond donors (Lipinski definition) is 1. The predicted molar refractivity (Wildman–Crippen MR) is 67.3 cm³/mol. The minimum absolute atomic E-state index is 0.280. The SMILES string of the molecule is CC(C)(CCc1nc2ccccc2s1)ON. The third-order valence-electron chi connectivity index (χ3n) is 2.60. The van der Waals surface area contributed by atoms with Crippen molar-refractivity contribution in [3.05, 3.63) is 29.3 Å². The van der Waals surface area contributed by atoms with E-state index in [9.17, 15) is 0 Å². The van der Waals surface area contributed by atoms with Gasteiger partial charge in [-0.25, -0.2) is 10.9 Å². The molecule has 0 aliphatic carbocycles. The Hall–Kier alpha value is -0.970. The van der Waals surface area contributed by atoms with Crippen molar-refractivity contribution in [2.24, 2.45) is 5.90 Å². The molecule has 2 rings (SSSR count). The monoisotopic (exact) mass is 236 g/mol. The number of benzene rings is 1. The number of hydrogen-bond acceptors (Lipinski definition) is 4. The molecule has 0 saturated carbocycles. The Bertz CT molecular complexity index is 446. The van der Waals surface area contributed by atoms with Gasteiger partial charge >= 0.3 is 0 Å². The van der Waals surface area contributed by atoms with Crippen LogP contribution in [0.25, 0.3) is 10.2 Å². The van der Waals surface area contributed by atoms with E-state index in [0.717, 1.165) is 23.4 Å². The fourth-order valence-electron chi connectivity index (χ4n) is 1.49. The summed E-state index contributed by atoms with van der Waals surface area (Å²) in [6.07, 6.45) is 1.78. The van der Waals surface area contributed by atoms with Crippen molar-refractivity contribution in [2.45, 2.75) is 32.3 Å². The van der Waals surface area contributed by atoms with Gasteiger partial charge in [-0.3, -0.25) is 4.84 Å². The van der Waals surface area contributed by atoms with Gasteiger partial charge in [0.1, 0.15) is 0 Å². The number of aryl methyl sites for hydroxylation is 1. The molecule has 1 aromatic heterocycles. The van der Waals surface area contributed by atoms with Gasteiger partial charge in [0.15, 0.2) is 0 Å². The van der Waals surface area contributed by atoms with Crippen molar-refractivity contribution in [3.63, 3.8) is 0 Å². The molecule has 0 unspecified atom stereocenters. The molecule has 0 aliphatic heterocycles. The normalized spacial score (nSPS) is 12.2. The van der Waals surface area contributed by atoms with Crippen molar-refractivity contribution < 1.29 is 4.84 Å². The molecule has 0 spiro atoms. The minimum Gasteiger partial charge on any atom is -0.299 e. The first-order valence-electron chi connectivity index (χ1n) is 5.33. The van der Waals surface area contributed by atoms with E-state index in [1.807, 2.05) is 32.0 Å². The summed E-state index contributed by atoms with van der Waals surface area (Å²) in [5.41, 5.74) is 0.798. The van der Waals surface area contributed by atoms with E-state index in [-0.39, 0.29) is 5.60 Å². The van der Waals surface area contributed by atoms with Crippen LogP contribution in [0, 0.1) is 0 Å². The number of aromatic nitrogens is 1. The standard InChI is InChI=1S/C12H16N2OS/c1-12(2,15-13)8-7-11-14-9-5-3-4-6-10(9)16-11/h3-6H,7-8,13H2,1-2H3. The molecule has 1 heterocycles. The Labute approximate surface area is 99.2 Å². The Morgan fingerprint density at radius 3 is 2.81 bits per heavy atom. The van der Waals surface area contributed by atoms with Crippen molar-refractivity contribution in [1.29, 1.82) is 0 Å². The van der Waals surface area contributed by atoms with Gasteiger partial charge in [-0.1, -0.05) is 12.1 Å². The Balaban J connectivity index is 2.10. The van der Waals surface area contributed by atoms with Gasteiger partial charge in [-0.15, -0.1) is 11.3 Å². The highest BCUT2D eigenvalue weighted by atomic mass is 32.1. The molecular weight excluding hydrogens is 220 g/mol. The molecule has 0 bridgehead atoms. The molecule has 0 saturated heterocycles. The molecule has 4 heteroatoms. The summed E-state index contributed by atoms with van der Waals surface area (Å²) < 4.78 is 1.24. The van der Waals surface area contributed by atoms with Gasteiger partial charge in [0.25, 0.3) is 0 Å². The highest BCUT2D eigenvalue weighted by molar-refractivity contribution is 7.18. The minimum atomic E-state index is -0.280. The van der Waals surface area contributed by atoms with Crippen LogP contribution in [0.4, 0.5) is 0 Å². The lowest BCUT2D eigenvalue weighted by Crippen LogP contribution is -2.28. The lowest BCUT2D eigenvalue weighted by atomic mass is 10.0. The topological polar surface area (TPSA) is 48.1 Å². The van der Waals surface area contributed by atoms with E-state index in [1.165, 1.54) is 4.70 Å². The molecule has 1 aromatic carbocycles. The Kier molecular flexibility index (Phi) is 3.23. The van der Waals surface area contributed by atoms with E-state index in [4.69, 9.17) is 10.7 Å². The predicted octanol–water partition coefficient (Wildman–Crippen LogP) is 2.90. The zero-order chi connectivity index (χ0) is 11.6. The maximum atomic E-state index is 5.23. The summed E-state index contributed by atoms with van der Waals surface area (Å²) in [6, 6.07) is 8.19. The number of thiazole rings is 1. The van der Waals surface area contributed by atoms with Crippen molar-refractivity contribution >= 4 is 21.6 Å². The number of rotatable bonds is 4. The third-order valence-corrected chi connectivity index (χ3v) is 3.69. The fraction of sp³-hybridized carbons (Fsp3) is 0.417. The number of nitrogens with two attached hydrogens (primary N) is 1. The second-order valence-electron chi connectivity index (χ2n) is 4.45. The molecule has 0 amide bonds. The smallest absolute Gasteiger partial charge is 0.0939 e. The second-order valence-corrected chi connectivity index (χ2v) is 5.57. The summed E-state index contributed by atoms with van der Waals surface area (Å²) in [4.78, 5) is 9.48. The van der Waals surface area contributed by atoms with Crippen molar-refractivity contribution in [2.75, 3.05) is 0 Å². The Morgan fingerprint density at radius 2 is 2.12 bits per heavy atom. The van der Waals surface area contributed by atoms with Gasteiger partial charge < -0.3 is 0 Å². The zero-order valence-electron chi connectivity index (χ0n) is 9.56. The van der Waals surface area contributed by atoms with E-state index in [2.05, 4.69) is 11.1 Å². The average molecular weight is 236 g/mol. The molecule has 0 atom stereocenters. The van der Waals surface area contributed by atoms with Gasteiger partial charge in [-0.05, 0) is 32.4 Å². The molecule has 0 fully saturated rings. The maximum Gasteiger partial charge on any atom is 0.0939 e. The molecule has 0 radical (unpaired) electrons. The van der Waals surface area contributed by atoms with Crippen molar-refractivity contribution in [1.82, 2.24) is 4.98 Å². The second kappa shape index (κ2) is 4.49. The first kappa shape index (κ1) is 11.5. The highest BCUT2D eigenvalue weighted by Crippen LogP contribution is 2.24. The van der Waals surface area contributed by atoms with Crippen molar-refractivity contribution in [3.8, 4) is 0 Å². The number of nitrogens with zero attached hydrogens (tertiary/aromatic N) is 1. The van der Waals surface area contributed by atoms with Crippen LogP contribution in [0.2, 0.25) is 0 Å². The van der Waals surface area contributed by atoms with Crippen LogP contribution in [-0.2, 0) is 11.3 Å². The van der Waals surface area contributed by atoms with Gasteiger partial charge in [-0.2, -0.15) is 0 Å². The van der Waals surface area contributed by atoms with E-state index < -0.39 is 0 Å². The van der Waals surface area contributed by atoms with Crippen LogP contribution in [0.3, 0.4) is 0 Å². The summed E-state index contributed by atoms with van der Waals surface area (Å²) in [5, 5.41) is 1.14. The summed E-state index contributed by atoms with van der Waals surface area (Å²) >= 11 is 1.74. The van der Waals surface area contributed by atoms with Gasteiger partial charge in [0.05, 0.1) is 20.8 Å². The van der Waals surface area contributed by atoms with Crippen LogP contribution >= 0.6 is 11.3 Å². The number of fused-ring (bicyclic) bond motifs is 1. The largest absolute Gasteiger partial charge is 0.299 e. The zero-order valence-corrected chi connectivity index (χ0v) is 10.4. The lowest BCUT2D eigenvalue weighted by molar-refractivity contribution is -0.0250. The lowest BCUT2D eigenvalue weighted by Gasteiger charge is -2.20. The molecule has 3 nitrogen and oxygen atoms in total. The molecule has 86 valence electrons. The number of para-hydroxylation sites is 1. The van der Waals surface area contributed by atoms with Crippen LogP contribution in [0.1, 0.15) is 25.3 Å². The molecule has 0 aliphatic rings. The fourth-order valence-corrected chi connectivity index (χ4v) is 2.46. The quantitative estimate of drug-likeness (QED) is 0.830. The molecular formula is C12H16N2OS. The maximum absolute atomic E-state index is 5.23. The van der Waals surface area contributed by atoms with Gasteiger partial charge in [0.2, 0.25) is 0 Å². The summed E-state index contributed by atoms with van der Waals surface area (Å²) in [7, 11) is 0.